The van der Waals surface area contributed by atoms with Gasteiger partial charge in [-0.05, 0) is 18.1 Å². The average Bonchev–Trinajstić information content (AvgIpc) is 3.14. The molecule has 0 aliphatic carbocycles. The highest BCUT2D eigenvalue weighted by Gasteiger charge is 2.05. The maximum atomic E-state index is 4.41. The lowest BCUT2D eigenvalue weighted by molar-refractivity contribution is 0.503. The van der Waals surface area contributed by atoms with Crippen LogP contribution in [0.4, 0.5) is 0 Å². The molecule has 0 aromatic carbocycles. The van der Waals surface area contributed by atoms with Crippen LogP contribution in [-0.2, 0) is 19.6 Å². The first-order valence-corrected chi connectivity index (χ1v) is 7.74. The molecular formula is C16H26N6. The lowest BCUT2D eigenvalue weighted by Crippen LogP contribution is -2.38. The van der Waals surface area contributed by atoms with Gasteiger partial charge in [0.2, 0.25) is 0 Å². The van der Waals surface area contributed by atoms with E-state index >= 15 is 0 Å². The summed E-state index contributed by atoms with van der Waals surface area (Å²) in [5.41, 5.74) is 0. The topological polar surface area (TPSA) is 59.2 Å². The lowest BCUT2D eigenvalue weighted by Gasteiger charge is -2.14. The van der Waals surface area contributed by atoms with Crippen LogP contribution in [0, 0.1) is 5.92 Å². The van der Waals surface area contributed by atoms with Crippen LogP contribution in [0.2, 0.25) is 0 Å². The van der Waals surface area contributed by atoms with Crippen molar-refractivity contribution >= 4 is 5.96 Å². The van der Waals surface area contributed by atoms with Gasteiger partial charge in [0, 0.05) is 51.5 Å². The molecular weight excluding hydrogens is 276 g/mol. The Kier molecular flexibility index (Phi) is 6.06. The summed E-state index contributed by atoms with van der Waals surface area (Å²) < 4.78 is 4.32. The Balaban J connectivity index is 1.77. The molecule has 2 aromatic rings. The molecule has 120 valence electrons. The normalized spacial score (nSPS) is 11.9. The van der Waals surface area contributed by atoms with Crippen molar-refractivity contribution in [3.05, 3.63) is 42.7 Å². The highest BCUT2D eigenvalue weighted by molar-refractivity contribution is 5.79. The number of aromatic nitrogens is 3. The van der Waals surface area contributed by atoms with Crippen molar-refractivity contribution in [3.63, 3.8) is 0 Å². The van der Waals surface area contributed by atoms with Gasteiger partial charge in [-0.25, -0.2) is 4.98 Å². The molecule has 0 fully saturated rings. The van der Waals surface area contributed by atoms with Crippen LogP contribution in [-0.4, -0.2) is 33.7 Å². The molecule has 0 saturated carbocycles. The van der Waals surface area contributed by atoms with Crippen molar-refractivity contribution in [2.24, 2.45) is 10.9 Å². The third kappa shape index (κ3) is 4.95. The fourth-order valence-electron chi connectivity index (χ4n) is 2.27. The number of hydrogen-bond donors (Lipinski definition) is 2. The Morgan fingerprint density at radius 3 is 2.68 bits per heavy atom. The molecule has 0 unspecified atom stereocenters. The molecule has 0 radical (unpaired) electrons. The molecule has 2 rings (SSSR count). The number of rotatable bonds is 7. The van der Waals surface area contributed by atoms with Crippen molar-refractivity contribution in [2.75, 3.05) is 13.6 Å². The van der Waals surface area contributed by atoms with Crippen molar-refractivity contribution in [1.82, 2.24) is 24.8 Å². The van der Waals surface area contributed by atoms with Gasteiger partial charge >= 0.3 is 0 Å². The van der Waals surface area contributed by atoms with E-state index in [2.05, 4.69) is 56.0 Å². The van der Waals surface area contributed by atoms with E-state index in [1.54, 1.807) is 7.05 Å². The summed E-state index contributed by atoms with van der Waals surface area (Å²) >= 11 is 0. The van der Waals surface area contributed by atoms with E-state index in [0.29, 0.717) is 12.5 Å². The van der Waals surface area contributed by atoms with Crippen LogP contribution in [0.15, 0.2) is 41.9 Å². The monoisotopic (exact) mass is 302 g/mol. The van der Waals surface area contributed by atoms with Gasteiger partial charge in [-0.1, -0.05) is 13.8 Å². The molecule has 22 heavy (non-hydrogen) atoms. The molecule has 0 atom stereocenters. The van der Waals surface area contributed by atoms with Gasteiger partial charge in [-0.3, -0.25) is 4.99 Å². The third-order valence-corrected chi connectivity index (χ3v) is 3.33. The number of imidazole rings is 1. The molecule has 2 heterocycles. The van der Waals surface area contributed by atoms with Gasteiger partial charge in [0.05, 0.1) is 6.54 Å². The van der Waals surface area contributed by atoms with E-state index in [1.165, 1.54) is 0 Å². The van der Waals surface area contributed by atoms with Crippen LogP contribution in [0.25, 0.3) is 0 Å². The minimum Gasteiger partial charge on any atom is -0.355 e. The molecule has 0 spiro atoms. The van der Waals surface area contributed by atoms with Crippen molar-refractivity contribution in [2.45, 2.75) is 33.5 Å². The maximum Gasteiger partial charge on any atom is 0.191 e. The predicted molar refractivity (Wildman–Crippen MR) is 89.7 cm³/mol. The summed E-state index contributed by atoms with van der Waals surface area (Å²) in [4.78, 5) is 8.66. The first-order chi connectivity index (χ1) is 10.7. The van der Waals surface area contributed by atoms with Crippen molar-refractivity contribution in [3.8, 4) is 0 Å². The summed E-state index contributed by atoms with van der Waals surface area (Å²) in [6.45, 7) is 7.81. The Morgan fingerprint density at radius 1 is 1.23 bits per heavy atom. The summed E-state index contributed by atoms with van der Waals surface area (Å²) in [6.07, 6.45) is 7.99. The largest absolute Gasteiger partial charge is 0.355 e. The van der Waals surface area contributed by atoms with E-state index < -0.39 is 0 Å². The summed E-state index contributed by atoms with van der Waals surface area (Å²) in [5.74, 6) is 2.43. The highest BCUT2D eigenvalue weighted by Crippen LogP contribution is 2.03. The van der Waals surface area contributed by atoms with Gasteiger partial charge in [0.15, 0.2) is 5.96 Å². The molecule has 0 saturated heterocycles. The number of nitrogens with one attached hydrogen (secondary N) is 2. The van der Waals surface area contributed by atoms with Crippen LogP contribution in [0.1, 0.15) is 19.7 Å². The number of aliphatic imine (C=N–C) groups is 1. The molecule has 6 nitrogen and oxygen atoms in total. The highest BCUT2D eigenvalue weighted by atomic mass is 15.2. The van der Waals surface area contributed by atoms with E-state index in [9.17, 15) is 0 Å². The van der Waals surface area contributed by atoms with Crippen molar-refractivity contribution in [1.29, 1.82) is 0 Å². The average molecular weight is 302 g/mol. The van der Waals surface area contributed by atoms with Crippen molar-refractivity contribution < 1.29 is 0 Å². The standard InChI is InChI=1S/C16H26N6/c1-14(2)13-22-11-7-18-15(22)12-20-16(17-3)19-6-10-21-8-4-5-9-21/h4-5,7-9,11,14H,6,10,12-13H2,1-3H3,(H2,17,19,20). The zero-order chi connectivity index (χ0) is 15.8. The van der Waals surface area contributed by atoms with Crippen LogP contribution in [0.3, 0.4) is 0 Å². The summed E-state index contributed by atoms with van der Waals surface area (Å²) in [5, 5.41) is 6.62. The Hall–Kier alpha value is -2.24. The number of guanidine groups is 1. The smallest absolute Gasteiger partial charge is 0.191 e. The molecule has 2 aromatic heterocycles. The Labute approximate surface area is 132 Å². The maximum absolute atomic E-state index is 4.41. The minimum atomic E-state index is 0.604. The molecule has 0 aliphatic heterocycles. The van der Waals surface area contributed by atoms with E-state index in [1.807, 2.05) is 24.5 Å². The van der Waals surface area contributed by atoms with Crippen LogP contribution >= 0.6 is 0 Å². The second kappa shape index (κ2) is 8.26. The Bertz CT molecular complexity index is 567. The van der Waals surface area contributed by atoms with Gasteiger partial charge in [0.25, 0.3) is 0 Å². The van der Waals surface area contributed by atoms with E-state index in [-0.39, 0.29) is 0 Å². The third-order valence-electron chi connectivity index (χ3n) is 3.33. The number of hydrogen-bond acceptors (Lipinski definition) is 2. The molecule has 0 aliphatic rings. The second-order valence-corrected chi connectivity index (χ2v) is 5.66. The van der Waals surface area contributed by atoms with Gasteiger partial charge in [-0.15, -0.1) is 0 Å². The first-order valence-electron chi connectivity index (χ1n) is 7.74. The SMILES string of the molecule is CN=C(NCCn1cccc1)NCc1nccn1CC(C)C. The first kappa shape index (κ1) is 16.1. The zero-order valence-corrected chi connectivity index (χ0v) is 13.7. The molecule has 0 bridgehead atoms. The van der Waals surface area contributed by atoms with Gasteiger partial charge in [0.1, 0.15) is 5.82 Å². The Morgan fingerprint density at radius 2 is 2.00 bits per heavy atom. The van der Waals surface area contributed by atoms with E-state index in [0.717, 1.165) is 31.4 Å². The zero-order valence-electron chi connectivity index (χ0n) is 13.7. The second-order valence-electron chi connectivity index (χ2n) is 5.66. The fourth-order valence-corrected chi connectivity index (χ4v) is 2.27. The fraction of sp³-hybridized carbons (Fsp3) is 0.500. The summed E-state index contributed by atoms with van der Waals surface area (Å²) in [6, 6.07) is 4.06. The lowest BCUT2D eigenvalue weighted by atomic mass is 10.2. The molecule has 6 heteroatoms. The quantitative estimate of drug-likeness (QED) is 0.604. The predicted octanol–water partition coefficient (Wildman–Crippen LogP) is 1.71. The minimum absolute atomic E-state index is 0.604. The molecule has 2 N–H and O–H groups in total. The molecule has 0 amide bonds. The van der Waals surface area contributed by atoms with Crippen LogP contribution < -0.4 is 10.6 Å². The summed E-state index contributed by atoms with van der Waals surface area (Å²) in [7, 11) is 1.78. The van der Waals surface area contributed by atoms with Crippen LogP contribution in [0.5, 0.6) is 0 Å². The number of nitrogens with zero attached hydrogens (tertiary/aromatic N) is 4. The van der Waals surface area contributed by atoms with Gasteiger partial charge < -0.3 is 19.8 Å². The van der Waals surface area contributed by atoms with E-state index in [4.69, 9.17) is 0 Å². The van der Waals surface area contributed by atoms with Gasteiger partial charge in [-0.2, -0.15) is 0 Å².